The Morgan fingerprint density at radius 1 is 1.15 bits per heavy atom. The van der Waals surface area contributed by atoms with Gasteiger partial charge in [0.2, 0.25) is 5.91 Å². The predicted molar refractivity (Wildman–Crippen MR) is 104 cm³/mol. The lowest BCUT2D eigenvalue weighted by Gasteiger charge is -2.22. The van der Waals surface area contributed by atoms with Crippen LogP contribution in [0.4, 0.5) is 4.39 Å². The number of hydrogen-bond donors (Lipinski definition) is 3. The summed E-state index contributed by atoms with van der Waals surface area (Å²) in [7, 11) is 0. The SMILES string of the molecule is CCNC(=NCCC(=O)NC1CCCCC1)NCCc1ccc(F)cc1. The molecule has 6 heteroatoms. The number of amides is 1. The van der Waals surface area contributed by atoms with E-state index in [1.54, 1.807) is 12.1 Å². The maximum absolute atomic E-state index is 12.9. The summed E-state index contributed by atoms with van der Waals surface area (Å²) in [6, 6.07) is 6.87. The number of benzene rings is 1. The van der Waals surface area contributed by atoms with Crippen LogP contribution in [0.5, 0.6) is 0 Å². The molecule has 0 heterocycles. The fourth-order valence-corrected chi connectivity index (χ4v) is 3.13. The zero-order valence-corrected chi connectivity index (χ0v) is 15.7. The molecule has 0 saturated heterocycles. The van der Waals surface area contributed by atoms with Crippen LogP contribution in [0.25, 0.3) is 0 Å². The molecular weight excluding hydrogens is 331 g/mol. The minimum atomic E-state index is -0.219. The van der Waals surface area contributed by atoms with Gasteiger partial charge in [0.05, 0.1) is 6.54 Å². The average molecular weight is 362 g/mol. The fraction of sp³-hybridized carbons (Fsp3) is 0.600. The van der Waals surface area contributed by atoms with Gasteiger partial charge in [0.25, 0.3) is 0 Å². The molecule has 0 atom stereocenters. The van der Waals surface area contributed by atoms with Gasteiger partial charge in [0, 0.05) is 25.6 Å². The lowest BCUT2D eigenvalue weighted by molar-refractivity contribution is -0.121. The molecule has 1 aliphatic carbocycles. The van der Waals surface area contributed by atoms with Crippen molar-refractivity contribution in [1.82, 2.24) is 16.0 Å². The molecule has 1 saturated carbocycles. The van der Waals surface area contributed by atoms with Crippen molar-refractivity contribution in [3.8, 4) is 0 Å². The van der Waals surface area contributed by atoms with Crippen molar-refractivity contribution in [3.63, 3.8) is 0 Å². The van der Waals surface area contributed by atoms with Crippen molar-refractivity contribution in [3.05, 3.63) is 35.6 Å². The Labute approximate surface area is 155 Å². The summed E-state index contributed by atoms with van der Waals surface area (Å²) >= 11 is 0. The molecular formula is C20H31FN4O. The summed E-state index contributed by atoms with van der Waals surface area (Å²) in [6.07, 6.45) is 7.10. The minimum Gasteiger partial charge on any atom is -0.357 e. The number of halogens is 1. The molecule has 1 aliphatic rings. The predicted octanol–water partition coefficient (Wildman–Crippen LogP) is 2.76. The number of rotatable bonds is 8. The Bertz CT molecular complexity index is 568. The Morgan fingerprint density at radius 3 is 2.58 bits per heavy atom. The van der Waals surface area contributed by atoms with E-state index in [1.807, 2.05) is 6.92 Å². The van der Waals surface area contributed by atoms with Gasteiger partial charge >= 0.3 is 0 Å². The van der Waals surface area contributed by atoms with Crippen molar-refractivity contribution in [2.45, 2.75) is 57.9 Å². The largest absolute Gasteiger partial charge is 0.357 e. The Hall–Kier alpha value is -2.11. The molecule has 5 nitrogen and oxygen atoms in total. The Kier molecular flexibility index (Phi) is 8.93. The van der Waals surface area contributed by atoms with E-state index in [0.717, 1.165) is 31.4 Å². The van der Waals surface area contributed by atoms with Crippen LogP contribution in [-0.2, 0) is 11.2 Å². The van der Waals surface area contributed by atoms with Crippen molar-refractivity contribution < 1.29 is 9.18 Å². The zero-order chi connectivity index (χ0) is 18.6. The standard InChI is InChI=1S/C20H31FN4O/c1-2-22-20(23-14-12-16-8-10-17(21)11-9-16)24-15-13-19(26)25-18-6-4-3-5-7-18/h8-11,18H,2-7,12-15H2,1H3,(H,25,26)(H2,22,23,24). The summed E-state index contributed by atoms with van der Waals surface area (Å²) in [5.74, 6) is 0.575. The lowest BCUT2D eigenvalue weighted by Crippen LogP contribution is -2.39. The Balaban J connectivity index is 1.69. The first kappa shape index (κ1) is 20.2. The van der Waals surface area contributed by atoms with E-state index >= 15 is 0 Å². The van der Waals surface area contributed by atoms with Gasteiger partial charge in [-0.15, -0.1) is 0 Å². The molecule has 1 aromatic carbocycles. The van der Waals surface area contributed by atoms with Crippen LogP contribution in [0, 0.1) is 5.82 Å². The molecule has 1 aromatic rings. The van der Waals surface area contributed by atoms with Crippen LogP contribution in [-0.4, -0.2) is 37.5 Å². The third-order valence-corrected chi connectivity index (χ3v) is 4.54. The molecule has 144 valence electrons. The van der Waals surface area contributed by atoms with Crippen molar-refractivity contribution >= 4 is 11.9 Å². The summed E-state index contributed by atoms with van der Waals surface area (Å²) in [4.78, 5) is 16.5. The van der Waals surface area contributed by atoms with Crippen molar-refractivity contribution in [2.75, 3.05) is 19.6 Å². The van der Waals surface area contributed by atoms with Crippen LogP contribution in [0.3, 0.4) is 0 Å². The first-order valence-electron chi connectivity index (χ1n) is 9.73. The second kappa shape index (κ2) is 11.5. The van der Waals surface area contributed by atoms with Crippen LogP contribution in [0.2, 0.25) is 0 Å². The van der Waals surface area contributed by atoms with Gasteiger partial charge in [0.1, 0.15) is 5.82 Å². The molecule has 0 unspecified atom stereocenters. The molecule has 1 fully saturated rings. The fourth-order valence-electron chi connectivity index (χ4n) is 3.13. The van der Waals surface area contributed by atoms with Gasteiger partial charge in [-0.05, 0) is 43.9 Å². The number of carbonyl (C=O) groups is 1. The summed E-state index contributed by atoms with van der Waals surface area (Å²) < 4.78 is 12.9. The summed E-state index contributed by atoms with van der Waals surface area (Å²) in [6.45, 7) is 3.93. The number of carbonyl (C=O) groups excluding carboxylic acids is 1. The Morgan fingerprint density at radius 2 is 1.88 bits per heavy atom. The molecule has 26 heavy (non-hydrogen) atoms. The van der Waals surface area contributed by atoms with Gasteiger partial charge in [-0.25, -0.2) is 4.39 Å². The summed E-state index contributed by atoms with van der Waals surface area (Å²) in [5.41, 5.74) is 1.07. The molecule has 0 aromatic heterocycles. The number of aliphatic imine (C=N–C) groups is 1. The maximum Gasteiger partial charge on any atom is 0.222 e. The third-order valence-electron chi connectivity index (χ3n) is 4.54. The molecule has 2 rings (SSSR count). The number of hydrogen-bond acceptors (Lipinski definition) is 2. The van der Waals surface area contributed by atoms with Gasteiger partial charge < -0.3 is 16.0 Å². The first-order chi connectivity index (χ1) is 12.7. The second-order valence-corrected chi connectivity index (χ2v) is 6.72. The minimum absolute atomic E-state index is 0.0859. The molecule has 0 aliphatic heterocycles. The monoisotopic (exact) mass is 362 g/mol. The number of guanidine groups is 1. The van der Waals surface area contributed by atoms with E-state index < -0.39 is 0 Å². The molecule has 0 spiro atoms. The summed E-state index contributed by atoms with van der Waals surface area (Å²) in [5, 5.41) is 9.55. The number of nitrogens with zero attached hydrogens (tertiary/aromatic N) is 1. The van der Waals surface area contributed by atoms with E-state index in [4.69, 9.17) is 0 Å². The lowest BCUT2D eigenvalue weighted by atomic mass is 9.95. The van der Waals surface area contributed by atoms with Crippen molar-refractivity contribution in [1.29, 1.82) is 0 Å². The van der Waals surface area contributed by atoms with E-state index in [1.165, 1.54) is 31.4 Å². The third kappa shape index (κ3) is 7.85. The van der Waals surface area contributed by atoms with E-state index in [0.29, 0.717) is 31.5 Å². The van der Waals surface area contributed by atoms with Crippen LogP contribution in [0.1, 0.15) is 51.0 Å². The number of nitrogens with one attached hydrogen (secondary N) is 3. The smallest absolute Gasteiger partial charge is 0.222 e. The highest BCUT2D eigenvalue weighted by molar-refractivity contribution is 5.80. The zero-order valence-electron chi connectivity index (χ0n) is 15.7. The van der Waals surface area contributed by atoms with Crippen LogP contribution in [0.15, 0.2) is 29.3 Å². The average Bonchev–Trinajstić information content (AvgIpc) is 2.64. The van der Waals surface area contributed by atoms with Gasteiger partial charge in [0.15, 0.2) is 5.96 Å². The molecule has 1 amide bonds. The van der Waals surface area contributed by atoms with Gasteiger partial charge in [-0.1, -0.05) is 31.4 Å². The van der Waals surface area contributed by atoms with E-state index in [2.05, 4.69) is 20.9 Å². The van der Waals surface area contributed by atoms with Crippen LogP contribution < -0.4 is 16.0 Å². The van der Waals surface area contributed by atoms with Crippen LogP contribution >= 0.6 is 0 Å². The highest BCUT2D eigenvalue weighted by Gasteiger charge is 2.15. The molecule has 3 N–H and O–H groups in total. The highest BCUT2D eigenvalue weighted by atomic mass is 19.1. The first-order valence-corrected chi connectivity index (χ1v) is 9.73. The van der Waals surface area contributed by atoms with Gasteiger partial charge in [-0.3, -0.25) is 9.79 Å². The molecule has 0 bridgehead atoms. The highest BCUT2D eigenvalue weighted by Crippen LogP contribution is 2.17. The van der Waals surface area contributed by atoms with Crippen molar-refractivity contribution in [2.24, 2.45) is 4.99 Å². The second-order valence-electron chi connectivity index (χ2n) is 6.72. The van der Waals surface area contributed by atoms with Gasteiger partial charge in [-0.2, -0.15) is 0 Å². The van der Waals surface area contributed by atoms with E-state index in [9.17, 15) is 9.18 Å². The normalized spacial score (nSPS) is 15.5. The quantitative estimate of drug-likeness (QED) is 0.492. The topological polar surface area (TPSA) is 65.5 Å². The van der Waals surface area contributed by atoms with E-state index in [-0.39, 0.29) is 11.7 Å². The molecule has 0 radical (unpaired) electrons. The maximum atomic E-state index is 12.9.